The smallest absolute Gasteiger partial charge is 0.235 e. The van der Waals surface area contributed by atoms with E-state index in [1.54, 1.807) is 16.6 Å². The van der Waals surface area contributed by atoms with Crippen LogP contribution in [0.1, 0.15) is 0 Å². The first kappa shape index (κ1) is 16.1. The highest BCUT2D eigenvalue weighted by atomic mass is 35.5. The van der Waals surface area contributed by atoms with Gasteiger partial charge in [-0.15, -0.1) is 10.2 Å². The summed E-state index contributed by atoms with van der Waals surface area (Å²) in [5.41, 5.74) is 3.13. The number of hydrogen-bond acceptors (Lipinski definition) is 5. The molecule has 1 N–H and O–H groups in total. The number of hydrogen-bond donors (Lipinski definition) is 1. The molecule has 3 aromatic heterocycles. The van der Waals surface area contributed by atoms with Crippen LogP contribution >= 0.6 is 22.9 Å². The van der Waals surface area contributed by atoms with Gasteiger partial charge < -0.3 is 0 Å². The quantitative estimate of drug-likeness (QED) is 0.479. The first-order chi connectivity index (χ1) is 13.2. The molecule has 0 fully saturated rings. The first-order valence-electron chi connectivity index (χ1n) is 7.97. The van der Waals surface area contributed by atoms with E-state index in [-0.39, 0.29) is 5.82 Å². The minimum Gasteiger partial charge on any atom is -0.274 e. The Morgan fingerprint density at radius 2 is 1.70 bits per heavy atom. The van der Waals surface area contributed by atoms with Crippen LogP contribution < -0.4 is 0 Å². The number of rotatable bonds is 3. The Labute approximate surface area is 161 Å². The molecule has 3 heterocycles. The molecule has 6 nitrogen and oxygen atoms in total. The number of aromatic nitrogens is 6. The lowest BCUT2D eigenvalue weighted by atomic mass is 10.1. The number of benzene rings is 2. The molecule has 5 rings (SSSR count). The zero-order valence-electron chi connectivity index (χ0n) is 13.6. The highest BCUT2D eigenvalue weighted by Crippen LogP contribution is 2.29. The third-order valence-electron chi connectivity index (χ3n) is 4.04. The zero-order chi connectivity index (χ0) is 18.4. The fourth-order valence-electron chi connectivity index (χ4n) is 2.70. The summed E-state index contributed by atoms with van der Waals surface area (Å²) in [7, 11) is 0. The average molecular weight is 397 g/mol. The van der Waals surface area contributed by atoms with E-state index in [1.807, 2.05) is 30.3 Å². The second-order valence-corrected chi connectivity index (χ2v) is 7.20. The molecule has 0 saturated carbocycles. The standard InChI is InChI=1S/C18H10ClFN6S/c19-12-5-1-11(2-6-12)17-25-26-16(23-24-18(26)27-17)15-9-14(21-22-15)10-3-7-13(20)8-4-10/h1-9H,(H,21,22). The normalized spacial score (nSPS) is 11.3. The molecule has 0 bridgehead atoms. The molecule has 9 heteroatoms. The minimum absolute atomic E-state index is 0.286. The van der Waals surface area contributed by atoms with E-state index in [0.29, 0.717) is 27.2 Å². The Hall–Kier alpha value is -3.10. The number of aromatic amines is 1. The van der Waals surface area contributed by atoms with Crippen molar-refractivity contribution in [2.24, 2.45) is 0 Å². The fourth-order valence-corrected chi connectivity index (χ4v) is 3.67. The third-order valence-corrected chi connectivity index (χ3v) is 5.24. The summed E-state index contributed by atoms with van der Waals surface area (Å²) in [5.74, 6) is 0.271. The second kappa shape index (κ2) is 6.26. The summed E-state index contributed by atoms with van der Waals surface area (Å²) in [6.45, 7) is 0. The van der Waals surface area contributed by atoms with Crippen molar-refractivity contribution in [2.45, 2.75) is 0 Å². The molecule has 5 aromatic rings. The molecule has 0 amide bonds. The van der Waals surface area contributed by atoms with Crippen LogP contribution in [0.3, 0.4) is 0 Å². The van der Waals surface area contributed by atoms with Crippen molar-refractivity contribution in [3.63, 3.8) is 0 Å². The van der Waals surface area contributed by atoms with E-state index in [2.05, 4.69) is 25.5 Å². The molecular formula is C18H10ClFN6S. The van der Waals surface area contributed by atoms with Crippen LogP contribution in [0.4, 0.5) is 4.39 Å². The lowest BCUT2D eigenvalue weighted by Gasteiger charge is -1.95. The summed E-state index contributed by atoms with van der Waals surface area (Å²) in [6, 6.07) is 15.5. The molecule has 2 aromatic carbocycles. The molecule has 0 aliphatic carbocycles. The van der Waals surface area contributed by atoms with Gasteiger partial charge in [-0.1, -0.05) is 35.1 Å². The molecule has 27 heavy (non-hydrogen) atoms. The van der Waals surface area contributed by atoms with Crippen molar-refractivity contribution >= 4 is 27.9 Å². The van der Waals surface area contributed by atoms with Gasteiger partial charge in [0.25, 0.3) is 0 Å². The minimum atomic E-state index is -0.286. The van der Waals surface area contributed by atoms with Crippen LogP contribution in [0.5, 0.6) is 0 Å². The Morgan fingerprint density at radius 3 is 2.48 bits per heavy atom. The highest BCUT2D eigenvalue weighted by Gasteiger charge is 2.16. The fraction of sp³-hybridized carbons (Fsp3) is 0. The summed E-state index contributed by atoms with van der Waals surface area (Å²) in [4.78, 5) is 0.674. The summed E-state index contributed by atoms with van der Waals surface area (Å²) in [6.07, 6.45) is 0. The lowest BCUT2D eigenvalue weighted by Crippen LogP contribution is -1.91. The van der Waals surface area contributed by atoms with Crippen LogP contribution in [0.25, 0.3) is 38.3 Å². The van der Waals surface area contributed by atoms with Crippen molar-refractivity contribution in [3.8, 4) is 33.3 Å². The van der Waals surface area contributed by atoms with Gasteiger partial charge in [-0.2, -0.15) is 14.7 Å². The van der Waals surface area contributed by atoms with Crippen LogP contribution in [-0.4, -0.2) is 30.0 Å². The van der Waals surface area contributed by atoms with Crippen molar-refractivity contribution in [2.75, 3.05) is 0 Å². The SMILES string of the molecule is Fc1ccc(-c2cc(-c3nnc4sc(-c5ccc(Cl)cc5)nn34)[nH]n2)cc1. The molecule has 0 atom stereocenters. The van der Waals surface area contributed by atoms with Gasteiger partial charge in [-0.05, 0) is 42.5 Å². The van der Waals surface area contributed by atoms with Gasteiger partial charge in [-0.25, -0.2) is 4.39 Å². The maximum absolute atomic E-state index is 13.1. The van der Waals surface area contributed by atoms with Crippen LogP contribution in [0, 0.1) is 5.82 Å². The molecule has 0 radical (unpaired) electrons. The molecule has 0 spiro atoms. The van der Waals surface area contributed by atoms with Gasteiger partial charge in [0.05, 0.1) is 5.69 Å². The third kappa shape index (κ3) is 2.88. The number of nitrogens with zero attached hydrogens (tertiary/aromatic N) is 5. The van der Waals surface area contributed by atoms with Gasteiger partial charge in [0.1, 0.15) is 16.5 Å². The van der Waals surface area contributed by atoms with Gasteiger partial charge in [0.2, 0.25) is 10.8 Å². The van der Waals surface area contributed by atoms with Crippen molar-refractivity contribution in [1.82, 2.24) is 30.0 Å². The van der Waals surface area contributed by atoms with E-state index in [0.717, 1.165) is 16.1 Å². The first-order valence-corrected chi connectivity index (χ1v) is 9.17. The van der Waals surface area contributed by atoms with Crippen LogP contribution in [-0.2, 0) is 0 Å². The van der Waals surface area contributed by atoms with E-state index in [1.165, 1.54) is 23.5 Å². The van der Waals surface area contributed by atoms with E-state index >= 15 is 0 Å². The molecule has 132 valence electrons. The Morgan fingerprint density at radius 1 is 0.963 bits per heavy atom. The second-order valence-electron chi connectivity index (χ2n) is 5.81. The molecule has 0 saturated heterocycles. The number of H-pyrrole nitrogens is 1. The summed E-state index contributed by atoms with van der Waals surface area (Å²) >= 11 is 7.38. The zero-order valence-corrected chi connectivity index (χ0v) is 15.2. The van der Waals surface area contributed by atoms with Crippen molar-refractivity contribution in [1.29, 1.82) is 0 Å². The number of halogens is 2. The number of nitrogens with one attached hydrogen (secondary N) is 1. The van der Waals surface area contributed by atoms with Gasteiger partial charge in [0.15, 0.2) is 0 Å². The lowest BCUT2D eigenvalue weighted by molar-refractivity contribution is 0.628. The molecule has 0 aliphatic heterocycles. The van der Waals surface area contributed by atoms with Crippen LogP contribution in [0.2, 0.25) is 5.02 Å². The van der Waals surface area contributed by atoms with Crippen molar-refractivity contribution < 1.29 is 4.39 Å². The van der Waals surface area contributed by atoms with Gasteiger partial charge >= 0.3 is 0 Å². The van der Waals surface area contributed by atoms with Crippen LogP contribution in [0.15, 0.2) is 54.6 Å². The number of fused-ring (bicyclic) bond motifs is 1. The molecular weight excluding hydrogens is 387 g/mol. The Kier molecular flexibility index (Phi) is 3.73. The largest absolute Gasteiger partial charge is 0.274 e. The maximum atomic E-state index is 13.1. The topological polar surface area (TPSA) is 71.8 Å². The molecule has 0 unspecified atom stereocenters. The van der Waals surface area contributed by atoms with Gasteiger partial charge in [0, 0.05) is 16.1 Å². The van der Waals surface area contributed by atoms with Crippen molar-refractivity contribution in [3.05, 3.63) is 65.4 Å². The average Bonchev–Trinajstić information content (AvgIpc) is 3.38. The van der Waals surface area contributed by atoms with E-state index in [4.69, 9.17) is 11.6 Å². The van der Waals surface area contributed by atoms with E-state index < -0.39 is 0 Å². The predicted molar refractivity (Wildman–Crippen MR) is 102 cm³/mol. The summed E-state index contributed by atoms with van der Waals surface area (Å²) in [5, 5.41) is 21.7. The Balaban J connectivity index is 1.54. The highest BCUT2D eigenvalue weighted by molar-refractivity contribution is 7.19. The monoisotopic (exact) mass is 396 g/mol. The molecule has 0 aliphatic rings. The maximum Gasteiger partial charge on any atom is 0.235 e. The van der Waals surface area contributed by atoms with E-state index in [9.17, 15) is 4.39 Å². The Bertz CT molecular complexity index is 1240. The van der Waals surface area contributed by atoms with Gasteiger partial charge in [-0.3, -0.25) is 5.10 Å². The summed E-state index contributed by atoms with van der Waals surface area (Å²) < 4.78 is 14.8. The predicted octanol–water partition coefficient (Wildman–Crippen LogP) is 4.70.